The van der Waals surface area contributed by atoms with Gasteiger partial charge in [-0.1, -0.05) is 51.3 Å². The SMILES string of the molecule is C#Cc1ccccc1C(C(=O)NC(C)CCC)N(C(=O)C(CC(N)=O)NC(=O)OC(C)(C)C)C(C)CCC(C)C. The molecule has 0 spiro atoms. The maximum absolute atomic E-state index is 14.3. The minimum Gasteiger partial charge on any atom is -0.444 e. The number of terminal acetylenes is 1. The molecule has 40 heavy (non-hydrogen) atoms. The van der Waals surface area contributed by atoms with E-state index < -0.39 is 54.0 Å². The van der Waals surface area contributed by atoms with Gasteiger partial charge in [0.2, 0.25) is 17.7 Å². The van der Waals surface area contributed by atoms with E-state index >= 15 is 0 Å². The highest BCUT2D eigenvalue weighted by Crippen LogP contribution is 2.30. The fourth-order valence-electron chi connectivity index (χ4n) is 4.45. The molecule has 0 aliphatic carbocycles. The third-order valence-electron chi connectivity index (χ3n) is 6.33. The standard InChI is InChI=1S/C31H48N4O5/c1-10-14-21(5)33-28(37)27(24-16-13-12-15-23(24)11-2)35(22(6)18-17-20(3)4)29(38)25(19-26(32)36)34-30(39)40-31(7,8)9/h2,12-13,15-16,20-22,25,27H,10,14,17-19H2,1,3-9H3,(H2,32,36)(H,33,37)(H,34,39). The average molecular weight is 557 g/mol. The summed E-state index contributed by atoms with van der Waals surface area (Å²) in [7, 11) is 0. The Bertz CT molecular complexity index is 1060. The van der Waals surface area contributed by atoms with Crippen molar-refractivity contribution in [3.63, 3.8) is 0 Å². The van der Waals surface area contributed by atoms with Crippen LogP contribution in [0.5, 0.6) is 0 Å². The molecule has 0 fully saturated rings. The van der Waals surface area contributed by atoms with Crippen molar-refractivity contribution >= 4 is 23.8 Å². The minimum atomic E-state index is -1.35. The molecular weight excluding hydrogens is 508 g/mol. The highest BCUT2D eigenvalue weighted by Gasteiger charge is 2.40. The summed E-state index contributed by atoms with van der Waals surface area (Å²) in [5.74, 6) is 1.16. The van der Waals surface area contributed by atoms with Gasteiger partial charge in [-0.15, -0.1) is 6.42 Å². The average Bonchev–Trinajstić information content (AvgIpc) is 2.83. The van der Waals surface area contributed by atoms with Gasteiger partial charge in [-0.25, -0.2) is 4.79 Å². The van der Waals surface area contributed by atoms with Crippen molar-refractivity contribution in [2.45, 2.75) is 117 Å². The summed E-state index contributed by atoms with van der Waals surface area (Å²) in [5, 5.41) is 5.55. The number of nitrogens with one attached hydrogen (secondary N) is 2. The first-order valence-electron chi connectivity index (χ1n) is 14.1. The van der Waals surface area contributed by atoms with E-state index in [1.54, 1.807) is 45.0 Å². The van der Waals surface area contributed by atoms with Gasteiger partial charge in [0.15, 0.2) is 0 Å². The van der Waals surface area contributed by atoms with Gasteiger partial charge in [-0.2, -0.15) is 0 Å². The van der Waals surface area contributed by atoms with Gasteiger partial charge in [0.05, 0.1) is 6.42 Å². The molecule has 0 radical (unpaired) electrons. The Hall–Kier alpha value is -3.54. The lowest BCUT2D eigenvalue weighted by Crippen LogP contribution is -2.57. The lowest BCUT2D eigenvalue weighted by atomic mass is 9.94. The molecule has 0 saturated carbocycles. The largest absolute Gasteiger partial charge is 0.444 e. The Morgan fingerprint density at radius 1 is 1.02 bits per heavy atom. The second-order valence-electron chi connectivity index (χ2n) is 11.8. The number of benzene rings is 1. The van der Waals surface area contributed by atoms with Crippen LogP contribution in [0, 0.1) is 18.3 Å². The van der Waals surface area contributed by atoms with Crippen LogP contribution in [0.2, 0.25) is 0 Å². The van der Waals surface area contributed by atoms with Gasteiger partial charge >= 0.3 is 6.09 Å². The molecule has 222 valence electrons. The monoisotopic (exact) mass is 556 g/mol. The zero-order chi connectivity index (χ0) is 30.6. The maximum Gasteiger partial charge on any atom is 0.408 e. The van der Waals surface area contributed by atoms with E-state index in [4.69, 9.17) is 16.9 Å². The molecule has 9 nitrogen and oxygen atoms in total. The quantitative estimate of drug-likeness (QED) is 0.292. The summed E-state index contributed by atoms with van der Waals surface area (Å²) in [5.41, 5.74) is 5.60. The number of carbonyl (C=O) groups excluding carboxylic acids is 4. The maximum atomic E-state index is 14.3. The second-order valence-corrected chi connectivity index (χ2v) is 11.8. The van der Waals surface area contributed by atoms with Crippen LogP contribution in [0.4, 0.5) is 4.79 Å². The zero-order valence-electron chi connectivity index (χ0n) is 25.4. The topological polar surface area (TPSA) is 131 Å². The summed E-state index contributed by atoms with van der Waals surface area (Å²) in [6, 6.07) is 3.90. The third-order valence-corrected chi connectivity index (χ3v) is 6.33. The smallest absolute Gasteiger partial charge is 0.408 e. The lowest BCUT2D eigenvalue weighted by Gasteiger charge is -2.39. The molecule has 1 aromatic carbocycles. The summed E-state index contributed by atoms with van der Waals surface area (Å²) < 4.78 is 5.35. The molecule has 9 heteroatoms. The van der Waals surface area contributed by atoms with Crippen LogP contribution < -0.4 is 16.4 Å². The molecule has 0 heterocycles. The van der Waals surface area contributed by atoms with Crippen LogP contribution in [0.15, 0.2) is 24.3 Å². The van der Waals surface area contributed by atoms with Gasteiger partial charge < -0.3 is 26.0 Å². The van der Waals surface area contributed by atoms with E-state index in [1.165, 1.54) is 4.90 Å². The van der Waals surface area contributed by atoms with Crippen molar-refractivity contribution in [1.82, 2.24) is 15.5 Å². The lowest BCUT2D eigenvalue weighted by molar-refractivity contribution is -0.146. The van der Waals surface area contributed by atoms with E-state index in [9.17, 15) is 19.2 Å². The van der Waals surface area contributed by atoms with Crippen molar-refractivity contribution < 1.29 is 23.9 Å². The van der Waals surface area contributed by atoms with Crippen molar-refractivity contribution in [2.75, 3.05) is 0 Å². The van der Waals surface area contributed by atoms with Crippen LogP contribution in [-0.4, -0.2) is 52.4 Å². The van der Waals surface area contributed by atoms with Crippen molar-refractivity contribution in [2.24, 2.45) is 11.7 Å². The van der Waals surface area contributed by atoms with Crippen LogP contribution in [0.3, 0.4) is 0 Å². The van der Waals surface area contributed by atoms with Gasteiger partial charge in [0, 0.05) is 17.6 Å². The first-order valence-corrected chi connectivity index (χ1v) is 14.1. The predicted molar refractivity (Wildman–Crippen MR) is 157 cm³/mol. The number of hydrogen-bond acceptors (Lipinski definition) is 5. The molecule has 4 N–H and O–H groups in total. The van der Waals surface area contributed by atoms with E-state index in [0.29, 0.717) is 23.5 Å². The van der Waals surface area contributed by atoms with E-state index in [0.717, 1.165) is 19.3 Å². The summed E-state index contributed by atoms with van der Waals surface area (Å²) in [6.45, 7) is 15.0. The molecule has 0 aromatic heterocycles. The molecule has 0 aliphatic heterocycles. The van der Waals surface area contributed by atoms with Crippen LogP contribution in [0.25, 0.3) is 0 Å². The molecular formula is C31H48N4O5. The Labute approximate surface area is 240 Å². The summed E-state index contributed by atoms with van der Waals surface area (Å²) >= 11 is 0. The van der Waals surface area contributed by atoms with Crippen molar-refractivity contribution in [3.05, 3.63) is 35.4 Å². The first kappa shape index (κ1) is 34.5. The number of ether oxygens (including phenoxy) is 1. The number of primary amides is 1. The summed E-state index contributed by atoms with van der Waals surface area (Å²) in [6.07, 6.45) is 7.44. The molecule has 1 aromatic rings. The highest BCUT2D eigenvalue weighted by molar-refractivity contribution is 5.95. The highest BCUT2D eigenvalue weighted by atomic mass is 16.6. The van der Waals surface area contributed by atoms with Gasteiger partial charge in [0.1, 0.15) is 17.7 Å². The van der Waals surface area contributed by atoms with E-state index in [1.807, 2.05) is 20.8 Å². The third kappa shape index (κ3) is 11.3. The predicted octanol–water partition coefficient (Wildman–Crippen LogP) is 4.44. The first-order chi connectivity index (χ1) is 18.6. The van der Waals surface area contributed by atoms with Gasteiger partial charge in [-0.05, 0) is 71.4 Å². The van der Waals surface area contributed by atoms with E-state index in [-0.39, 0.29) is 6.04 Å². The number of carbonyl (C=O) groups is 4. The van der Waals surface area contributed by atoms with Crippen LogP contribution in [-0.2, 0) is 19.1 Å². The fourth-order valence-corrected chi connectivity index (χ4v) is 4.45. The van der Waals surface area contributed by atoms with Gasteiger partial charge in [0.25, 0.3) is 0 Å². The summed E-state index contributed by atoms with van der Waals surface area (Å²) in [4.78, 5) is 54.4. The molecule has 0 aliphatic rings. The molecule has 4 amide bonds. The Kier molecular flexibility index (Phi) is 13.7. The molecule has 4 unspecified atom stereocenters. The molecule has 0 saturated heterocycles. The fraction of sp³-hybridized carbons (Fsp3) is 0.613. The Morgan fingerprint density at radius 2 is 1.65 bits per heavy atom. The van der Waals surface area contributed by atoms with Crippen molar-refractivity contribution in [3.8, 4) is 12.3 Å². The Morgan fingerprint density at radius 3 is 2.17 bits per heavy atom. The number of nitrogens with zero attached hydrogens (tertiary/aromatic N) is 1. The number of nitrogens with two attached hydrogens (primary N) is 1. The number of amides is 4. The normalized spacial score (nSPS) is 14.3. The molecule has 1 rings (SSSR count). The van der Waals surface area contributed by atoms with Crippen LogP contribution in [0.1, 0.15) is 105 Å². The minimum absolute atomic E-state index is 0.151. The van der Waals surface area contributed by atoms with Crippen molar-refractivity contribution in [1.29, 1.82) is 0 Å². The number of alkyl carbamates (subject to hydrolysis) is 1. The van der Waals surface area contributed by atoms with Gasteiger partial charge in [-0.3, -0.25) is 14.4 Å². The van der Waals surface area contributed by atoms with Crippen LogP contribution >= 0.6 is 0 Å². The van der Waals surface area contributed by atoms with E-state index in [2.05, 4.69) is 30.4 Å². The number of hydrogen-bond donors (Lipinski definition) is 3. The Balaban J connectivity index is 3.74. The molecule has 4 atom stereocenters. The second kappa shape index (κ2) is 15.9. The molecule has 0 bridgehead atoms. The number of rotatable bonds is 14. The zero-order valence-corrected chi connectivity index (χ0v) is 25.4.